The first-order valence-corrected chi connectivity index (χ1v) is 31.7. The smallest absolute Gasteiger partial charge is 0.306 e. The fourth-order valence-corrected chi connectivity index (χ4v) is 8.79. The molecule has 1 atom stereocenters. The lowest BCUT2D eigenvalue weighted by Crippen LogP contribution is -2.30. The molecule has 1 unspecified atom stereocenters. The van der Waals surface area contributed by atoms with Gasteiger partial charge in [-0.3, -0.25) is 14.4 Å². The van der Waals surface area contributed by atoms with Gasteiger partial charge in [0, 0.05) is 19.3 Å². The van der Waals surface area contributed by atoms with Crippen LogP contribution in [0.1, 0.15) is 303 Å². The normalized spacial score (nSPS) is 12.7. The second-order valence-corrected chi connectivity index (χ2v) is 20.9. The molecule has 0 rings (SSSR count). The van der Waals surface area contributed by atoms with Gasteiger partial charge in [-0.05, 0) is 122 Å². The molecule has 6 nitrogen and oxygen atoms in total. The van der Waals surface area contributed by atoms with Crippen molar-refractivity contribution in [2.45, 2.75) is 309 Å². The molecule has 0 aromatic heterocycles. The van der Waals surface area contributed by atoms with Gasteiger partial charge in [-0.25, -0.2) is 0 Å². The number of carbonyl (C=O) groups is 3. The fourth-order valence-electron chi connectivity index (χ4n) is 8.79. The van der Waals surface area contributed by atoms with Crippen LogP contribution in [0.25, 0.3) is 0 Å². The molecule has 0 spiro atoms. The van der Waals surface area contributed by atoms with E-state index in [2.05, 4.69) is 118 Å². The van der Waals surface area contributed by atoms with Gasteiger partial charge in [0.15, 0.2) is 6.10 Å². The highest BCUT2D eigenvalue weighted by Gasteiger charge is 2.19. The molecule has 0 bridgehead atoms. The summed E-state index contributed by atoms with van der Waals surface area (Å²) in [5.74, 6) is -0.899. The summed E-state index contributed by atoms with van der Waals surface area (Å²) in [6, 6.07) is 0. The molecule has 6 heteroatoms. The number of ether oxygens (including phenoxy) is 3. The molecule has 0 aliphatic heterocycles. The molecule has 0 aliphatic rings. The summed E-state index contributed by atoms with van der Waals surface area (Å²) in [6.07, 6.45) is 84.0. The van der Waals surface area contributed by atoms with E-state index >= 15 is 0 Å². The van der Waals surface area contributed by atoms with Gasteiger partial charge in [-0.2, -0.15) is 0 Å². The van der Waals surface area contributed by atoms with Crippen molar-refractivity contribution < 1.29 is 28.6 Å². The van der Waals surface area contributed by atoms with Gasteiger partial charge in [0.2, 0.25) is 0 Å². The van der Waals surface area contributed by atoms with E-state index in [0.717, 1.165) is 116 Å². The molecule has 75 heavy (non-hydrogen) atoms. The number of rotatable bonds is 57. The van der Waals surface area contributed by atoms with Crippen molar-refractivity contribution in [2.75, 3.05) is 13.2 Å². The van der Waals surface area contributed by atoms with Crippen LogP contribution in [-0.4, -0.2) is 37.2 Å². The number of hydrogen-bond donors (Lipinski definition) is 0. The average molecular weight is 1040 g/mol. The summed E-state index contributed by atoms with van der Waals surface area (Å²) in [5.41, 5.74) is 0. The monoisotopic (exact) mass is 1040 g/mol. The maximum absolute atomic E-state index is 12.9. The molecule has 0 N–H and O–H groups in total. The van der Waals surface area contributed by atoms with Gasteiger partial charge >= 0.3 is 17.9 Å². The summed E-state index contributed by atoms with van der Waals surface area (Å²) >= 11 is 0. The van der Waals surface area contributed by atoms with E-state index in [0.29, 0.717) is 19.3 Å². The Morgan fingerprint density at radius 3 is 0.840 bits per heavy atom. The minimum Gasteiger partial charge on any atom is -0.462 e. The Morgan fingerprint density at radius 1 is 0.280 bits per heavy atom. The van der Waals surface area contributed by atoms with E-state index in [9.17, 15) is 14.4 Å². The van der Waals surface area contributed by atoms with Gasteiger partial charge in [-0.15, -0.1) is 0 Å². The van der Waals surface area contributed by atoms with Crippen LogP contribution in [-0.2, 0) is 28.6 Å². The molecule has 0 saturated heterocycles. The van der Waals surface area contributed by atoms with Gasteiger partial charge < -0.3 is 14.2 Å². The highest BCUT2D eigenvalue weighted by molar-refractivity contribution is 5.71. The molecule has 0 radical (unpaired) electrons. The lowest BCUT2D eigenvalue weighted by atomic mass is 10.1. The number of unbranched alkanes of at least 4 members (excludes halogenated alkanes) is 30. The number of carbonyl (C=O) groups excluding carboxylic acids is 3. The van der Waals surface area contributed by atoms with E-state index < -0.39 is 6.10 Å². The molecule has 0 heterocycles. The molecular formula is C69H118O6. The van der Waals surface area contributed by atoms with Crippen LogP contribution in [0.15, 0.2) is 97.2 Å². The first-order chi connectivity index (χ1) is 37.0. The van der Waals surface area contributed by atoms with Crippen LogP contribution < -0.4 is 0 Å². The lowest BCUT2D eigenvalue weighted by Gasteiger charge is -2.18. The van der Waals surface area contributed by atoms with Crippen LogP contribution in [0.5, 0.6) is 0 Å². The van der Waals surface area contributed by atoms with Crippen molar-refractivity contribution in [2.24, 2.45) is 0 Å². The number of allylic oxidation sites excluding steroid dienone is 16. The minimum absolute atomic E-state index is 0.0861. The molecule has 430 valence electrons. The van der Waals surface area contributed by atoms with E-state index in [4.69, 9.17) is 14.2 Å². The Balaban J connectivity index is 4.36. The fraction of sp³-hybridized carbons (Fsp3) is 0.725. The van der Waals surface area contributed by atoms with Crippen LogP contribution in [0.2, 0.25) is 0 Å². The van der Waals surface area contributed by atoms with Gasteiger partial charge in [0.1, 0.15) is 13.2 Å². The molecule has 0 aliphatic carbocycles. The first-order valence-electron chi connectivity index (χ1n) is 31.7. The quantitative estimate of drug-likeness (QED) is 0.0261. The Hall–Kier alpha value is -3.67. The Morgan fingerprint density at radius 2 is 0.520 bits per heavy atom. The third-order valence-corrected chi connectivity index (χ3v) is 13.5. The van der Waals surface area contributed by atoms with Crippen molar-refractivity contribution in [3.63, 3.8) is 0 Å². The van der Waals surface area contributed by atoms with Crippen molar-refractivity contribution in [1.29, 1.82) is 0 Å². The van der Waals surface area contributed by atoms with Gasteiger partial charge in [-0.1, -0.05) is 259 Å². The Labute approximate surface area is 464 Å². The maximum atomic E-state index is 12.9. The van der Waals surface area contributed by atoms with Crippen LogP contribution >= 0.6 is 0 Å². The third kappa shape index (κ3) is 61.1. The second-order valence-electron chi connectivity index (χ2n) is 20.9. The molecule has 0 saturated carbocycles. The summed E-state index contributed by atoms with van der Waals surface area (Å²) in [7, 11) is 0. The third-order valence-electron chi connectivity index (χ3n) is 13.5. The largest absolute Gasteiger partial charge is 0.462 e. The average Bonchev–Trinajstić information content (AvgIpc) is 3.41. The second kappa shape index (κ2) is 62.9. The number of hydrogen-bond acceptors (Lipinski definition) is 6. The zero-order valence-corrected chi connectivity index (χ0v) is 49.3. The molecule has 0 aromatic carbocycles. The van der Waals surface area contributed by atoms with Crippen molar-refractivity contribution in [3.8, 4) is 0 Å². The Kier molecular flexibility index (Phi) is 59.8. The van der Waals surface area contributed by atoms with Crippen molar-refractivity contribution in [3.05, 3.63) is 97.2 Å². The molecule has 0 aromatic rings. The predicted octanol–water partition coefficient (Wildman–Crippen LogP) is 21.7. The van der Waals surface area contributed by atoms with Crippen molar-refractivity contribution in [1.82, 2.24) is 0 Å². The zero-order chi connectivity index (χ0) is 54.3. The maximum Gasteiger partial charge on any atom is 0.306 e. The summed E-state index contributed by atoms with van der Waals surface area (Å²) in [5, 5.41) is 0. The van der Waals surface area contributed by atoms with E-state index in [1.54, 1.807) is 0 Å². The first kappa shape index (κ1) is 71.3. The van der Waals surface area contributed by atoms with Gasteiger partial charge in [0.25, 0.3) is 0 Å². The minimum atomic E-state index is -0.789. The summed E-state index contributed by atoms with van der Waals surface area (Å²) in [6.45, 7) is 6.50. The summed E-state index contributed by atoms with van der Waals surface area (Å²) in [4.78, 5) is 38.3. The Bertz CT molecular complexity index is 1480. The predicted molar refractivity (Wildman–Crippen MR) is 325 cm³/mol. The number of esters is 3. The van der Waals surface area contributed by atoms with Crippen molar-refractivity contribution >= 4 is 17.9 Å². The molecule has 0 fully saturated rings. The zero-order valence-electron chi connectivity index (χ0n) is 49.3. The standard InChI is InChI=1S/C69H118O6/c1-4-7-10-13-16-19-22-25-28-30-32-33-34-35-36-37-38-40-41-44-47-50-53-56-59-62-68(71)74-65-66(64-73-67(70)61-58-55-52-49-46-43-27-24-21-18-15-12-9-6-3)75-69(72)63-60-57-54-51-48-45-42-39-31-29-26-23-20-17-14-11-8-5-2/h7,10,16,19-20,23-25,27-29,31-33,35-36,66H,4-6,8-9,11-15,17-18,21-22,26,30,34,37-65H2,1-3H3/b10-7-,19-16-,23-20-,27-24-,28-25-,31-29-,33-32-,36-35-. The van der Waals surface area contributed by atoms with E-state index in [1.165, 1.54) is 148 Å². The van der Waals surface area contributed by atoms with Crippen LogP contribution in [0.3, 0.4) is 0 Å². The van der Waals surface area contributed by atoms with Crippen LogP contribution in [0, 0.1) is 0 Å². The van der Waals surface area contributed by atoms with E-state index in [1.807, 2.05) is 0 Å². The molecule has 0 amide bonds. The highest BCUT2D eigenvalue weighted by atomic mass is 16.6. The van der Waals surface area contributed by atoms with Gasteiger partial charge in [0.05, 0.1) is 0 Å². The SMILES string of the molecule is CC/C=C\C/C=C\C/C=C\C/C=C\C/C=C\CCCCCCCCCCCC(=O)OCC(COC(=O)CCCCCCC/C=C\CCCCCCC)OC(=O)CCCCCCCCC/C=C\C/C=C\CCCCCC. The summed E-state index contributed by atoms with van der Waals surface area (Å²) < 4.78 is 16.9. The topological polar surface area (TPSA) is 78.9 Å². The molecular weight excluding hydrogens is 925 g/mol. The lowest BCUT2D eigenvalue weighted by molar-refractivity contribution is -0.167. The van der Waals surface area contributed by atoms with Crippen LogP contribution in [0.4, 0.5) is 0 Å². The van der Waals surface area contributed by atoms with E-state index in [-0.39, 0.29) is 31.1 Å². The highest BCUT2D eigenvalue weighted by Crippen LogP contribution is 2.15.